The van der Waals surface area contributed by atoms with Gasteiger partial charge in [0.2, 0.25) is 6.10 Å². The Morgan fingerprint density at radius 2 is 2.20 bits per heavy atom. The van der Waals surface area contributed by atoms with Crippen LogP contribution in [-0.4, -0.2) is 24.4 Å². The van der Waals surface area contributed by atoms with Gasteiger partial charge in [0.15, 0.2) is 0 Å². The van der Waals surface area contributed by atoms with Crippen molar-refractivity contribution in [3.05, 3.63) is 33.8 Å². The van der Waals surface area contributed by atoms with Crippen molar-refractivity contribution in [3.8, 4) is 0 Å². The molecule has 1 aromatic rings. The highest BCUT2D eigenvalue weighted by Crippen LogP contribution is 2.36. The van der Waals surface area contributed by atoms with Crippen LogP contribution in [0, 0.1) is 12.3 Å². The number of hydrogen-bond donors (Lipinski definition) is 0. The first-order chi connectivity index (χ1) is 9.37. The lowest BCUT2D eigenvalue weighted by Gasteiger charge is -2.24. The van der Waals surface area contributed by atoms with E-state index in [0.717, 1.165) is 21.3 Å². The fourth-order valence-electron chi connectivity index (χ4n) is 2.20. The Morgan fingerprint density at radius 3 is 2.80 bits per heavy atom. The van der Waals surface area contributed by atoms with Crippen LogP contribution in [0.15, 0.2) is 27.8 Å². The fraction of sp³-hybridized carbons (Fsp3) is 0.467. The molecule has 108 valence electrons. The topological polar surface area (TPSA) is 47.9 Å². The van der Waals surface area contributed by atoms with Crippen molar-refractivity contribution in [1.82, 2.24) is 0 Å². The van der Waals surface area contributed by atoms with Gasteiger partial charge in [-0.3, -0.25) is 0 Å². The third kappa shape index (κ3) is 2.59. The van der Waals surface area contributed by atoms with Gasteiger partial charge in [0.05, 0.1) is 17.7 Å². The summed E-state index contributed by atoms with van der Waals surface area (Å²) in [5.41, 5.74) is 2.32. The van der Waals surface area contributed by atoms with E-state index in [-0.39, 0.29) is 5.97 Å². The van der Waals surface area contributed by atoms with Crippen LogP contribution >= 0.6 is 15.9 Å². The Morgan fingerprint density at radius 1 is 1.50 bits per heavy atom. The first-order valence-electron chi connectivity index (χ1n) is 6.55. The van der Waals surface area contributed by atoms with E-state index in [0.29, 0.717) is 6.61 Å². The number of ether oxygens (including phenoxy) is 1. The van der Waals surface area contributed by atoms with Crippen molar-refractivity contribution >= 4 is 27.6 Å². The average Bonchev–Trinajstić information content (AvgIpc) is 2.68. The van der Waals surface area contributed by atoms with Gasteiger partial charge in [0, 0.05) is 10.0 Å². The highest BCUT2D eigenvalue weighted by Gasteiger charge is 2.48. The quantitative estimate of drug-likeness (QED) is 0.792. The second kappa shape index (κ2) is 5.56. The van der Waals surface area contributed by atoms with Gasteiger partial charge in [-0.1, -0.05) is 33.2 Å². The molecule has 4 nitrogen and oxygen atoms in total. The summed E-state index contributed by atoms with van der Waals surface area (Å²) in [6, 6.07) is 5.99. The molecule has 0 saturated heterocycles. The van der Waals surface area contributed by atoms with Crippen LogP contribution < -0.4 is 0 Å². The first kappa shape index (κ1) is 15.0. The Kier molecular flexibility index (Phi) is 4.18. The van der Waals surface area contributed by atoms with Gasteiger partial charge in [-0.25, -0.2) is 4.79 Å². The van der Waals surface area contributed by atoms with E-state index in [1.165, 1.54) is 0 Å². The molecule has 0 amide bonds. The number of aryl methyl sites for hydroxylation is 1. The standard InChI is InChI=1S/C15H18BrNO3/c1-5-19-14(18)13-15(3,4)12(17-20-13)10-7-6-9(2)11(16)8-10/h6-8,13H,5H2,1-4H3/t13-/m1/s1. The number of oxime groups is 1. The zero-order valence-electron chi connectivity index (χ0n) is 12.1. The molecular formula is C15H18BrNO3. The third-order valence-corrected chi connectivity index (χ3v) is 4.32. The Hall–Kier alpha value is -1.36. The molecule has 0 aliphatic carbocycles. The highest BCUT2D eigenvalue weighted by molar-refractivity contribution is 9.10. The molecule has 0 spiro atoms. The number of carbonyl (C=O) groups is 1. The third-order valence-electron chi connectivity index (χ3n) is 3.46. The van der Waals surface area contributed by atoms with Crippen molar-refractivity contribution < 1.29 is 14.4 Å². The average molecular weight is 340 g/mol. The number of halogens is 1. The summed E-state index contributed by atoms with van der Waals surface area (Å²) in [5, 5.41) is 4.11. The molecule has 0 fully saturated rings. The SMILES string of the molecule is CCOC(=O)[C@H]1ON=C(c2ccc(C)c(Br)c2)C1(C)C. The molecular weight excluding hydrogens is 322 g/mol. The summed E-state index contributed by atoms with van der Waals surface area (Å²) in [6.07, 6.45) is -0.697. The Bertz CT molecular complexity index is 566. The first-order valence-corrected chi connectivity index (χ1v) is 7.34. The number of rotatable bonds is 3. The lowest BCUT2D eigenvalue weighted by atomic mass is 9.79. The monoisotopic (exact) mass is 339 g/mol. The van der Waals surface area contributed by atoms with Crippen LogP contribution in [0.4, 0.5) is 0 Å². The molecule has 1 aromatic carbocycles. The lowest BCUT2D eigenvalue weighted by molar-refractivity contribution is -0.159. The maximum Gasteiger partial charge on any atom is 0.351 e. The van der Waals surface area contributed by atoms with Crippen LogP contribution in [0.5, 0.6) is 0 Å². The summed E-state index contributed by atoms with van der Waals surface area (Å²) in [6.45, 7) is 8.01. The molecule has 1 heterocycles. The van der Waals surface area contributed by atoms with E-state index in [1.807, 2.05) is 39.0 Å². The van der Waals surface area contributed by atoms with Crippen LogP contribution in [0.3, 0.4) is 0 Å². The molecule has 20 heavy (non-hydrogen) atoms. The van der Waals surface area contributed by atoms with E-state index >= 15 is 0 Å². The highest BCUT2D eigenvalue weighted by atomic mass is 79.9. The lowest BCUT2D eigenvalue weighted by Crippen LogP contribution is -2.40. The number of nitrogens with zero attached hydrogens (tertiary/aromatic N) is 1. The van der Waals surface area contributed by atoms with Gasteiger partial charge in [0.1, 0.15) is 0 Å². The maximum atomic E-state index is 11.9. The van der Waals surface area contributed by atoms with Crippen LogP contribution in [0.2, 0.25) is 0 Å². The normalized spacial score (nSPS) is 20.2. The van der Waals surface area contributed by atoms with Gasteiger partial charge in [0.25, 0.3) is 0 Å². The van der Waals surface area contributed by atoms with E-state index in [1.54, 1.807) is 6.92 Å². The largest absolute Gasteiger partial charge is 0.463 e. The molecule has 2 rings (SSSR count). The minimum absolute atomic E-state index is 0.334. The molecule has 1 atom stereocenters. The molecule has 0 saturated carbocycles. The van der Waals surface area contributed by atoms with Gasteiger partial charge in [-0.2, -0.15) is 0 Å². The van der Waals surface area contributed by atoms with Crippen molar-refractivity contribution in [2.45, 2.75) is 33.8 Å². The van der Waals surface area contributed by atoms with Crippen LogP contribution in [0.1, 0.15) is 31.9 Å². The van der Waals surface area contributed by atoms with Crippen LogP contribution in [-0.2, 0) is 14.4 Å². The minimum atomic E-state index is -0.697. The summed E-state index contributed by atoms with van der Waals surface area (Å²) in [7, 11) is 0. The second-order valence-corrected chi connectivity index (χ2v) is 6.22. The van der Waals surface area contributed by atoms with Crippen molar-refractivity contribution in [3.63, 3.8) is 0 Å². The predicted octanol–water partition coefficient (Wildman–Crippen LogP) is 3.45. The van der Waals surface area contributed by atoms with Gasteiger partial charge < -0.3 is 9.57 Å². The summed E-state index contributed by atoms with van der Waals surface area (Å²) in [5.74, 6) is -0.373. The zero-order valence-corrected chi connectivity index (χ0v) is 13.7. The predicted molar refractivity (Wildman–Crippen MR) is 80.7 cm³/mol. The van der Waals surface area contributed by atoms with E-state index in [4.69, 9.17) is 9.57 Å². The Labute approximate surface area is 127 Å². The molecule has 0 radical (unpaired) electrons. The number of benzene rings is 1. The van der Waals surface area contributed by atoms with E-state index in [2.05, 4.69) is 21.1 Å². The van der Waals surface area contributed by atoms with Crippen molar-refractivity contribution in [2.75, 3.05) is 6.61 Å². The summed E-state index contributed by atoms with van der Waals surface area (Å²) >= 11 is 3.51. The van der Waals surface area contributed by atoms with Gasteiger partial charge in [-0.05, 0) is 39.3 Å². The number of hydrogen-bond acceptors (Lipinski definition) is 4. The molecule has 1 aliphatic heterocycles. The van der Waals surface area contributed by atoms with Crippen molar-refractivity contribution in [1.29, 1.82) is 0 Å². The molecule has 5 heteroatoms. The van der Waals surface area contributed by atoms with Gasteiger partial charge >= 0.3 is 5.97 Å². The summed E-state index contributed by atoms with van der Waals surface area (Å²) in [4.78, 5) is 17.2. The second-order valence-electron chi connectivity index (χ2n) is 5.36. The minimum Gasteiger partial charge on any atom is -0.463 e. The Balaban J connectivity index is 2.30. The summed E-state index contributed by atoms with van der Waals surface area (Å²) < 4.78 is 6.05. The van der Waals surface area contributed by atoms with E-state index < -0.39 is 11.5 Å². The maximum absolute atomic E-state index is 11.9. The number of esters is 1. The van der Waals surface area contributed by atoms with Gasteiger partial charge in [-0.15, -0.1) is 0 Å². The molecule has 1 aliphatic rings. The zero-order chi connectivity index (χ0) is 14.9. The number of carbonyl (C=O) groups excluding carboxylic acids is 1. The smallest absolute Gasteiger partial charge is 0.351 e. The van der Waals surface area contributed by atoms with Crippen LogP contribution in [0.25, 0.3) is 0 Å². The van der Waals surface area contributed by atoms with E-state index in [9.17, 15) is 4.79 Å². The van der Waals surface area contributed by atoms with Crippen molar-refractivity contribution in [2.24, 2.45) is 10.6 Å². The fourth-order valence-corrected chi connectivity index (χ4v) is 2.58. The molecule has 0 unspecified atom stereocenters. The molecule has 0 aromatic heterocycles. The molecule has 0 bridgehead atoms. The molecule has 0 N–H and O–H groups in total.